The lowest BCUT2D eigenvalue weighted by Gasteiger charge is -2.12. The van der Waals surface area contributed by atoms with Gasteiger partial charge in [0.05, 0.1) is 14.2 Å². The number of hydrogen-bond acceptors (Lipinski definition) is 8. The molecule has 4 aromatic carbocycles. The molecule has 2 aliphatic rings. The van der Waals surface area contributed by atoms with E-state index in [-0.39, 0.29) is 37.3 Å². The lowest BCUT2D eigenvalue weighted by molar-refractivity contribution is -0.143. The monoisotopic (exact) mass is 748 g/mol. The number of aromatic hydroxyl groups is 1. The first kappa shape index (κ1) is 35.1. The first-order valence-electron chi connectivity index (χ1n) is 15.0. The number of phenols is 1. The summed E-state index contributed by atoms with van der Waals surface area (Å²) in [5.41, 5.74) is 3.95. The number of methoxy groups -OCH3 is 2. The standard InChI is InChI=1S/C19H19IO4.C19H18O4/c1-23-18-10-6-15(13-17(18)21)7-11-19(22)24-12-2-3-14-4-8-16(20)9-5-14;1-21-17-10-6-15-7-11-19(20)22-12-2-3-14-4-8-16(9-5-14)23-18(17)13-15/h2-6,8-10,13,21H,7,11-12H2,1H3;2-6,8-10,13H,7,11-12H2,1H3/b2*3-2-. The molecule has 0 unspecified atom stereocenters. The van der Waals surface area contributed by atoms with Gasteiger partial charge in [0.15, 0.2) is 23.0 Å². The van der Waals surface area contributed by atoms with E-state index in [1.165, 1.54) is 10.7 Å². The lowest BCUT2D eigenvalue weighted by Crippen LogP contribution is -2.05. The van der Waals surface area contributed by atoms with Crippen LogP contribution in [0, 0.1) is 3.57 Å². The van der Waals surface area contributed by atoms with Gasteiger partial charge in [0, 0.05) is 16.4 Å². The van der Waals surface area contributed by atoms with Crippen LogP contribution >= 0.6 is 22.6 Å². The van der Waals surface area contributed by atoms with Gasteiger partial charge in [-0.05, 0) is 118 Å². The fraction of sp³-hybridized carbons (Fsp3) is 0.211. The second kappa shape index (κ2) is 18.4. The normalized spacial score (nSPS) is 13.2. The summed E-state index contributed by atoms with van der Waals surface area (Å²) in [7, 11) is 3.10. The van der Waals surface area contributed by atoms with Crippen LogP contribution < -0.4 is 14.2 Å². The highest BCUT2D eigenvalue weighted by Gasteiger charge is 2.10. The average molecular weight is 749 g/mol. The molecule has 2 aliphatic heterocycles. The fourth-order valence-electron chi connectivity index (χ4n) is 4.48. The molecule has 4 aromatic rings. The summed E-state index contributed by atoms with van der Waals surface area (Å²) in [5.74, 6) is 2.04. The molecule has 2 heterocycles. The Morgan fingerprint density at radius 3 is 2.38 bits per heavy atom. The van der Waals surface area contributed by atoms with E-state index < -0.39 is 0 Å². The molecule has 0 saturated carbocycles. The highest BCUT2D eigenvalue weighted by Crippen LogP contribution is 2.33. The van der Waals surface area contributed by atoms with Crippen molar-refractivity contribution in [2.75, 3.05) is 27.4 Å². The summed E-state index contributed by atoms with van der Waals surface area (Å²) in [6, 6.07) is 26.6. The van der Waals surface area contributed by atoms with Crippen molar-refractivity contribution in [2.24, 2.45) is 0 Å². The highest BCUT2D eigenvalue weighted by atomic mass is 127. The Hall–Kier alpha value is -4.77. The van der Waals surface area contributed by atoms with Gasteiger partial charge in [-0.2, -0.15) is 0 Å². The second-order valence-electron chi connectivity index (χ2n) is 10.4. The van der Waals surface area contributed by atoms with Gasteiger partial charge in [-0.1, -0.05) is 48.6 Å². The fourth-order valence-corrected chi connectivity index (χ4v) is 4.84. The van der Waals surface area contributed by atoms with Crippen LogP contribution in [0.15, 0.2) is 97.1 Å². The molecule has 9 heteroatoms. The molecule has 0 spiro atoms. The Morgan fingerprint density at radius 1 is 0.915 bits per heavy atom. The first-order valence-corrected chi connectivity index (χ1v) is 16.1. The quantitative estimate of drug-likeness (QED) is 0.142. The number of fused-ring (bicyclic) bond motifs is 7. The minimum absolute atomic E-state index is 0.0730. The van der Waals surface area contributed by atoms with E-state index in [1.54, 1.807) is 19.2 Å². The molecule has 6 rings (SSSR count). The van der Waals surface area contributed by atoms with Crippen molar-refractivity contribution in [1.29, 1.82) is 0 Å². The molecule has 4 bridgehead atoms. The Labute approximate surface area is 288 Å². The number of halogens is 1. The summed E-state index contributed by atoms with van der Waals surface area (Å²) in [6.07, 6.45) is 9.20. The molecular weight excluding hydrogens is 711 g/mol. The van der Waals surface area contributed by atoms with Gasteiger partial charge in [-0.3, -0.25) is 9.59 Å². The molecule has 0 amide bonds. The van der Waals surface area contributed by atoms with Crippen molar-refractivity contribution in [1.82, 2.24) is 0 Å². The van der Waals surface area contributed by atoms with Gasteiger partial charge >= 0.3 is 11.9 Å². The molecule has 0 fully saturated rings. The van der Waals surface area contributed by atoms with Crippen LogP contribution in [0.1, 0.15) is 35.1 Å². The number of hydrogen-bond donors (Lipinski definition) is 1. The Bertz CT molecular complexity index is 1680. The minimum Gasteiger partial charge on any atom is -0.504 e. The third-order valence-electron chi connectivity index (χ3n) is 6.99. The number of esters is 2. The van der Waals surface area contributed by atoms with Crippen LogP contribution in [-0.2, 0) is 31.9 Å². The van der Waals surface area contributed by atoms with Crippen molar-refractivity contribution in [3.05, 3.63) is 123 Å². The predicted octanol–water partition coefficient (Wildman–Crippen LogP) is 8.18. The third kappa shape index (κ3) is 11.8. The van der Waals surface area contributed by atoms with Crippen LogP contribution in [0.5, 0.6) is 28.7 Å². The molecule has 1 N–H and O–H groups in total. The molecule has 47 heavy (non-hydrogen) atoms. The van der Waals surface area contributed by atoms with Gasteiger partial charge in [-0.15, -0.1) is 0 Å². The number of ether oxygens (including phenoxy) is 5. The molecule has 0 saturated heterocycles. The summed E-state index contributed by atoms with van der Waals surface area (Å²) in [4.78, 5) is 23.5. The number of carbonyl (C=O) groups excluding carboxylic acids is 2. The Balaban J connectivity index is 0.000000213. The van der Waals surface area contributed by atoms with Crippen molar-refractivity contribution < 1.29 is 38.4 Å². The Morgan fingerprint density at radius 2 is 1.66 bits per heavy atom. The van der Waals surface area contributed by atoms with E-state index in [1.807, 2.05) is 97.1 Å². The predicted molar refractivity (Wildman–Crippen MR) is 190 cm³/mol. The van der Waals surface area contributed by atoms with Crippen LogP contribution in [0.25, 0.3) is 12.2 Å². The third-order valence-corrected chi connectivity index (χ3v) is 7.71. The van der Waals surface area contributed by atoms with Crippen LogP contribution in [0.4, 0.5) is 0 Å². The minimum atomic E-state index is -0.266. The zero-order chi connectivity index (χ0) is 33.4. The second-order valence-corrected chi connectivity index (χ2v) is 11.6. The van der Waals surface area contributed by atoms with Gasteiger partial charge in [-0.25, -0.2) is 0 Å². The van der Waals surface area contributed by atoms with E-state index in [4.69, 9.17) is 23.7 Å². The van der Waals surface area contributed by atoms with E-state index in [0.29, 0.717) is 36.5 Å². The van der Waals surface area contributed by atoms with Crippen LogP contribution in [0.2, 0.25) is 0 Å². The smallest absolute Gasteiger partial charge is 0.306 e. The molecule has 8 nitrogen and oxygen atoms in total. The average Bonchev–Trinajstić information content (AvgIpc) is 3.09. The number of phenolic OH excluding ortho intramolecular Hbond substituents is 1. The van der Waals surface area contributed by atoms with Gasteiger partial charge in [0.2, 0.25) is 0 Å². The van der Waals surface area contributed by atoms with Crippen molar-refractivity contribution in [3.63, 3.8) is 0 Å². The number of aryl methyl sites for hydroxylation is 2. The SMILES string of the molecule is COc1ccc(CCC(=O)OC/C=C\c2ccc(I)cc2)cc1O.COc1ccc2cc1Oc1ccc(cc1)/C=C\COC(=O)CC2. The first-order chi connectivity index (χ1) is 22.8. The lowest BCUT2D eigenvalue weighted by atomic mass is 10.1. The molecule has 0 radical (unpaired) electrons. The number of benzene rings is 4. The van der Waals surface area contributed by atoms with Gasteiger partial charge in [0.1, 0.15) is 19.0 Å². The van der Waals surface area contributed by atoms with Crippen LogP contribution in [-0.4, -0.2) is 44.5 Å². The van der Waals surface area contributed by atoms with Crippen molar-refractivity contribution in [3.8, 4) is 28.7 Å². The molecule has 0 aromatic heterocycles. The summed E-state index contributed by atoms with van der Waals surface area (Å²) in [6.45, 7) is 0.531. The summed E-state index contributed by atoms with van der Waals surface area (Å²) < 4.78 is 27.8. The molecule has 0 aliphatic carbocycles. The van der Waals surface area contributed by atoms with Crippen molar-refractivity contribution >= 4 is 46.7 Å². The molecule has 0 atom stereocenters. The number of rotatable bonds is 8. The largest absolute Gasteiger partial charge is 0.504 e. The topological polar surface area (TPSA) is 101 Å². The molecule has 244 valence electrons. The maximum absolute atomic E-state index is 11.7. The van der Waals surface area contributed by atoms with E-state index in [0.717, 1.165) is 28.0 Å². The number of carbonyl (C=O) groups is 2. The summed E-state index contributed by atoms with van der Waals surface area (Å²) >= 11 is 2.25. The van der Waals surface area contributed by atoms with Crippen LogP contribution in [0.3, 0.4) is 0 Å². The molecular formula is C38H37IO8. The van der Waals surface area contributed by atoms with E-state index >= 15 is 0 Å². The summed E-state index contributed by atoms with van der Waals surface area (Å²) in [5, 5.41) is 9.70. The maximum Gasteiger partial charge on any atom is 0.306 e. The highest BCUT2D eigenvalue weighted by molar-refractivity contribution is 14.1. The van der Waals surface area contributed by atoms with E-state index in [2.05, 4.69) is 22.6 Å². The van der Waals surface area contributed by atoms with Gasteiger partial charge < -0.3 is 28.8 Å². The van der Waals surface area contributed by atoms with Crippen molar-refractivity contribution in [2.45, 2.75) is 25.7 Å². The zero-order valence-electron chi connectivity index (χ0n) is 26.3. The maximum atomic E-state index is 11.7. The Kier molecular flexibility index (Phi) is 13.7. The van der Waals surface area contributed by atoms with Gasteiger partial charge in [0.25, 0.3) is 0 Å². The van der Waals surface area contributed by atoms with E-state index in [9.17, 15) is 14.7 Å². The zero-order valence-corrected chi connectivity index (χ0v) is 28.5.